The summed E-state index contributed by atoms with van der Waals surface area (Å²) < 4.78 is 0. The Morgan fingerprint density at radius 2 is 2.14 bits per heavy atom. The van der Waals surface area contributed by atoms with Gasteiger partial charge >= 0.3 is 7.12 Å². The summed E-state index contributed by atoms with van der Waals surface area (Å²) in [4.78, 5) is 0.768. The predicted octanol–water partition coefficient (Wildman–Crippen LogP) is 0.111. The normalized spacial score (nSPS) is 9.57. The summed E-state index contributed by atoms with van der Waals surface area (Å²) in [5, 5.41) is 26.3. The van der Waals surface area contributed by atoms with Crippen molar-refractivity contribution in [3.8, 4) is 6.07 Å². The number of thiol groups is 1. The fourth-order valence-electron chi connectivity index (χ4n) is 1.16. The minimum absolute atomic E-state index is 0.401. The summed E-state index contributed by atoms with van der Waals surface area (Å²) in [6.45, 7) is 0. The third-order valence-electron chi connectivity index (χ3n) is 1.91. The topological polar surface area (TPSA) is 64.2 Å². The molecule has 0 amide bonds. The Morgan fingerprint density at radius 3 is 2.71 bits per heavy atom. The minimum atomic E-state index is -1.47. The molecule has 0 aromatic heterocycles. The van der Waals surface area contributed by atoms with Crippen LogP contribution in [0, 0.1) is 11.3 Å². The van der Waals surface area contributed by atoms with Gasteiger partial charge in [-0.2, -0.15) is 5.26 Å². The molecule has 0 saturated heterocycles. The zero-order valence-corrected chi connectivity index (χ0v) is 8.41. The molecular weight excluding hydrogens is 197 g/mol. The lowest BCUT2D eigenvalue weighted by Gasteiger charge is -2.05. The predicted molar refractivity (Wildman–Crippen MR) is 57.5 cm³/mol. The Morgan fingerprint density at radius 1 is 1.43 bits per heavy atom. The molecule has 0 bridgehead atoms. The van der Waals surface area contributed by atoms with E-state index in [1.807, 2.05) is 6.07 Å². The van der Waals surface area contributed by atoms with Crippen LogP contribution in [-0.4, -0.2) is 17.2 Å². The van der Waals surface area contributed by atoms with Crippen LogP contribution in [0.3, 0.4) is 0 Å². The van der Waals surface area contributed by atoms with Gasteiger partial charge in [0.2, 0.25) is 0 Å². The van der Waals surface area contributed by atoms with E-state index in [-0.39, 0.29) is 0 Å². The van der Waals surface area contributed by atoms with E-state index < -0.39 is 7.12 Å². The second-order valence-corrected chi connectivity index (χ2v) is 3.40. The van der Waals surface area contributed by atoms with Crippen LogP contribution >= 0.6 is 12.6 Å². The molecular formula is C9H10BNO2S. The second-order valence-electron chi connectivity index (χ2n) is 2.92. The van der Waals surface area contributed by atoms with Crippen LogP contribution in [0.25, 0.3) is 0 Å². The number of hydrogen-bond acceptors (Lipinski definition) is 4. The fraction of sp³-hybridized carbons (Fsp3) is 0.222. The van der Waals surface area contributed by atoms with E-state index in [0.717, 1.165) is 10.5 Å². The molecule has 0 spiro atoms. The molecule has 72 valence electrons. The van der Waals surface area contributed by atoms with Gasteiger partial charge in [0.05, 0.1) is 6.07 Å². The molecule has 1 rings (SSSR count). The number of hydrogen-bond donors (Lipinski definition) is 3. The molecule has 2 N–H and O–H groups in total. The van der Waals surface area contributed by atoms with Gasteiger partial charge in [-0.1, -0.05) is 12.1 Å². The van der Waals surface area contributed by atoms with Gasteiger partial charge in [-0.15, -0.1) is 12.6 Å². The molecule has 0 aliphatic heterocycles. The Kier molecular flexibility index (Phi) is 4.02. The second kappa shape index (κ2) is 5.06. The standard InChI is InChI=1S/C9H10BNO2S/c11-5-1-2-7-6-8(10(12)13)3-4-9(7)14/h3-4,6,12-14H,1-2H2. The highest BCUT2D eigenvalue weighted by molar-refractivity contribution is 7.80. The van der Waals surface area contributed by atoms with Gasteiger partial charge in [-0.25, -0.2) is 0 Å². The number of nitrogens with zero attached hydrogens (tertiary/aromatic N) is 1. The summed E-state index contributed by atoms with van der Waals surface area (Å²) in [5.74, 6) is 0. The molecule has 0 aliphatic carbocycles. The first-order valence-electron chi connectivity index (χ1n) is 4.20. The monoisotopic (exact) mass is 207 g/mol. The first kappa shape index (κ1) is 11.1. The van der Waals surface area contributed by atoms with Gasteiger partial charge in [-0.05, 0) is 23.5 Å². The summed E-state index contributed by atoms with van der Waals surface area (Å²) >= 11 is 4.21. The molecule has 14 heavy (non-hydrogen) atoms. The first-order chi connectivity index (χ1) is 6.65. The maximum Gasteiger partial charge on any atom is 0.488 e. The third-order valence-corrected chi connectivity index (χ3v) is 2.34. The molecule has 0 radical (unpaired) electrons. The van der Waals surface area contributed by atoms with Gasteiger partial charge in [0.25, 0.3) is 0 Å². The summed E-state index contributed by atoms with van der Waals surface area (Å²) in [6, 6.07) is 6.99. The Labute approximate surface area is 88.6 Å². The molecule has 0 heterocycles. The van der Waals surface area contributed by atoms with Crippen LogP contribution in [0.2, 0.25) is 0 Å². The molecule has 0 fully saturated rings. The molecule has 3 nitrogen and oxygen atoms in total. The van der Waals surface area contributed by atoms with Crippen molar-refractivity contribution in [1.29, 1.82) is 5.26 Å². The molecule has 5 heteroatoms. The fourth-order valence-corrected chi connectivity index (χ4v) is 1.41. The Balaban J connectivity index is 2.91. The number of aryl methyl sites for hydroxylation is 1. The molecule has 0 unspecified atom stereocenters. The maximum atomic E-state index is 8.93. The van der Waals surface area contributed by atoms with Crippen LogP contribution in [0.4, 0.5) is 0 Å². The third kappa shape index (κ3) is 2.77. The van der Waals surface area contributed by atoms with Gasteiger partial charge < -0.3 is 10.0 Å². The average molecular weight is 207 g/mol. The van der Waals surface area contributed by atoms with E-state index >= 15 is 0 Å². The van der Waals surface area contributed by atoms with Gasteiger partial charge in [0.15, 0.2) is 0 Å². The van der Waals surface area contributed by atoms with Crippen LogP contribution in [0.1, 0.15) is 12.0 Å². The van der Waals surface area contributed by atoms with Crippen molar-refractivity contribution in [3.05, 3.63) is 23.8 Å². The van der Waals surface area contributed by atoms with Crippen LogP contribution in [0.5, 0.6) is 0 Å². The van der Waals surface area contributed by atoms with Crippen molar-refractivity contribution in [1.82, 2.24) is 0 Å². The van der Waals surface area contributed by atoms with E-state index in [1.165, 1.54) is 0 Å². The zero-order valence-electron chi connectivity index (χ0n) is 7.51. The average Bonchev–Trinajstić information content (AvgIpc) is 2.16. The van der Waals surface area contributed by atoms with Crippen molar-refractivity contribution in [2.45, 2.75) is 17.7 Å². The smallest absolute Gasteiger partial charge is 0.423 e. The quantitative estimate of drug-likeness (QED) is 0.487. The molecule has 1 aromatic rings. The Hall–Kier alpha value is -0.955. The summed E-state index contributed by atoms with van der Waals surface area (Å²) in [6.07, 6.45) is 0.981. The zero-order chi connectivity index (χ0) is 10.6. The maximum absolute atomic E-state index is 8.93. The largest absolute Gasteiger partial charge is 0.488 e. The van der Waals surface area contributed by atoms with Gasteiger partial charge in [-0.3, -0.25) is 0 Å². The SMILES string of the molecule is N#CCCc1cc(B(O)O)ccc1S. The highest BCUT2D eigenvalue weighted by atomic mass is 32.1. The molecule has 0 atom stereocenters. The van der Waals surface area contributed by atoms with Gasteiger partial charge in [0.1, 0.15) is 0 Å². The Bertz CT molecular complexity index is 362. The molecule has 1 aromatic carbocycles. The van der Waals surface area contributed by atoms with E-state index in [0.29, 0.717) is 18.3 Å². The summed E-state index contributed by atoms with van der Waals surface area (Å²) in [7, 11) is -1.47. The van der Waals surface area contributed by atoms with Crippen molar-refractivity contribution in [3.63, 3.8) is 0 Å². The van der Waals surface area contributed by atoms with Crippen LogP contribution in [-0.2, 0) is 6.42 Å². The van der Waals surface area contributed by atoms with Crippen molar-refractivity contribution >= 4 is 25.2 Å². The highest BCUT2D eigenvalue weighted by Crippen LogP contribution is 2.13. The van der Waals surface area contributed by atoms with Crippen molar-refractivity contribution in [2.75, 3.05) is 0 Å². The number of nitriles is 1. The number of rotatable bonds is 3. The van der Waals surface area contributed by atoms with Crippen molar-refractivity contribution in [2.24, 2.45) is 0 Å². The van der Waals surface area contributed by atoms with Crippen molar-refractivity contribution < 1.29 is 10.0 Å². The lowest BCUT2D eigenvalue weighted by molar-refractivity contribution is 0.425. The minimum Gasteiger partial charge on any atom is -0.423 e. The summed E-state index contributed by atoms with van der Waals surface area (Å²) in [5.41, 5.74) is 1.29. The van der Waals surface area contributed by atoms with E-state index in [4.69, 9.17) is 15.3 Å². The van der Waals surface area contributed by atoms with Crippen LogP contribution < -0.4 is 5.46 Å². The lowest BCUT2D eigenvalue weighted by atomic mass is 9.79. The number of benzene rings is 1. The van der Waals surface area contributed by atoms with E-state index in [9.17, 15) is 0 Å². The molecule has 0 saturated carbocycles. The molecule has 0 aliphatic rings. The van der Waals surface area contributed by atoms with Crippen LogP contribution in [0.15, 0.2) is 23.1 Å². The highest BCUT2D eigenvalue weighted by Gasteiger charge is 2.12. The lowest BCUT2D eigenvalue weighted by Crippen LogP contribution is -2.30. The van der Waals surface area contributed by atoms with E-state index in [2.05, 4.69) is 12.6 Å². The first-order valence-corrected chi connectivity index (χ1v) is 4.64. The van der Waals surface area contributed by atoms with Gasteiger partial charge in [0, 0.05) is 11.3 Å². The van der Waals surface area contributed by atoms with E-state index in [1.54, 1.807) is 18.2 Å².